The molecule has 4 aliphatic rings. The predicted molar refractivity (Wildman–Crippen MR) is 285 cm³/mol. The van der Waals surface area contributed by atoms with E-state index in [1.165, 1.54) is 56.4 Å². The molecule has 0 bridgehead atoms. The van der Waals surface area contributed by atoms with E-state index in [0.717, 1.165) is 24.3 Å². The number of nitrogens with zero attached hydrogens (tertiary/aromatic N) is 7. The van der Waals surface area contributed by atoms with Gasteiger partial charge in [0, 0.05) is 82.4 Å². The Bertz CT molecular complexity index is 3160. The zero-order valence-electron chi connectivity index (χ0n) is 45.5. The molecule has 6 heterocycles. The van der Waals surface area contributed by atoms with Gasteiger partial charge in [-0.05, 0) is 88.8 Å². The SMILES string of the molecule is COC(=O)N[C@H](C(=O)N1CCC[C@H]1c1nc2cc(F)c([C@H]3CC[C@H](c4cc5[nH]c([C@@H]6CCCN6C(=O)[C@@H](NC(=O)OC)[C@@H](C)OC)nc5cc4F)N3c3cc(F)c(N4CCN(c5c(F)cccc5F)CC4)c(F)c3)cc2[nH]1)[C@@H](C)OC. The Kier molecular flexibility index (Phi) is 16.3. The maximum Gasteiger partial charge on any atom is 0.407 e. The van der Waals surface area contributed by atoms with Gasteiger partial charge in [0.2, 0.25) is 11.8 Å². The third kappa shape index (κ3) is 10.8. The number of likely N-dealkylation sites (tertiary alicyclic amines) is 2. The van der Waals surface area contributed by atoms with Crippen molar-refractivity contribution >= 4 is 63.1 Å². The number of imidazole rings is 2. The zero-order valence-corrected chi connectivity index (χ0v) is 45.5. The number of fused-ring (bicyclic) bond motifs is 2. The van der Waals surface area contributed by atoms with Gasteiger partial charge in [-0.25, -0.2) is 45.9 Å². The third-order valence-corrected chi connectivity index (χ3v) is 16.3. The number of H-pyrrole nitrogens is 2. The summed E-state index contributed by atoms with van der Waals surface area (Å²) in [7, 11) is 5.18. The Morgan fingerprint density at radius 2 is 0.951 bits per heavy atom. The predicted octanol–water partition coefficient (Wildman–Crippen LogP) is 8.53. The number of halogens is 6. The van der Waals surface area contributed by atoms with Crippen LogP contribution < -0.4 is 25.3 Å². The molecule has 4 amide bonds. The first kappa shape index (κ1) is 56.5. The summed E-state index contributed by atoms with van der Waals surface area (Å²) in [4.78, 5) is 76.4. The lowest BCUT2D eigenvalue weighted by molar-refractivity contribution is -0.138. The van der Waals surface area contributed by atoms with Gasteiger partial charge < -0.3 is 64.0 Å². The molecule has 0 spiro atoms. The van der Waals surface area contributed by atoms with Crippen molar-refractivity contribution in [2.75, 3.05) is 82.4 Å². The standard InChI is InChI=1S/C56H63F6N11O8/c1-28(78-3)47(67-55(76)80-5)53(74)71-16-8-12-45(71)51-63-39-24-31(35(59)26-41(39)65-51)43-14-15-44(73(43)30-22-37(61)50(38(62)23-30)70-20-18-69(19-21-70)49-33(57)10-7-11-34(49)58)32-25-40-42(27-36(32)60)66-52(64-40)46-13-9-17-72(46)54(75)48(29(2)79-4)68-56(77)81-6/h7,10-11,22-29,43-48H,8-9,12-21H2,1-6H3,(H,63,65)(H,64,66)(H,67,76)(H,68,77)/t28-,29-,43-,44-,45+,46+,47+,48+/m1/s1. The quantitative estimate of drug-likeness (QED) is 0.0714. The van der Waals surface area contributed by atoms with E-state index in [1.807, 2.05) is 0 Å². The first-order chi connectivity index (χ1) is 38.9. The Hall–Kier alpha value is -7.80. The summed E-state index contributed by atoms with van der Waals surface area (Å²) in [5.74, 6) is -5.04. The molecule has 4 aliphatic heterocycles. The number of para-hydroxylation sites is 1. The maximum absolute atomic E-state index is 17.0. The van der Waals surface area contributed by atoms with E-state index in [0.29, 0.717) is 61.5 Å². The van der Waals surface area contributed by atoms with E-state index < -0.39 is 107 Å². The topological polar surface area (TPSA) is 203 Å². The Balaban J connectivity index is 0.997. The summed E-state index contributed by atoms with van der Waals surface area (Å²) >= 11 is 0. The molecule has 8 atom stereocenters. The molecule has 2 aromatic heterocycles. The minimum absolute atomic E-state index is 0.0127. The van der Waals surface area contributed by atoms with Crippen LogP contribution in [0.4, 0.5) is 53.0 Å². The molecule has 432 valence electrons. The first-order valence-electron chi connectivity index (χ1n) is 26.9. The number of piperazine rings is 1. The Morgan fingerprint density at radius 1 is 0.543 bits per heavy atom. The van der Waals surface area contributed by atoms with Crippen LogP contribution in [0.15, 0.2) is 54.6 Å². The van der Waals surface area contributed by atoms with Crippen LogP contribution >= 0.6 is 0 Å². The van der Waals surface area contributed by atoms with Gasteiger partial charge >= 0.3 is 12.2 Å². The molecule has 25 heteroatoms. The van der Waals surface area contributed by atoms with Crippen molar-refractivity contribution in [3.63, 3.8) is 0 Å². The van der Waals surface area contributed by atoms with Crippen LogP contribution in [-0.2, 0) is 28.5 Å². The highest BCUT2D eigenvalue weighted by atomic mass is 19.2. The number of hydrogen-bond acceptors (Lipinski definition) is 13. The van der Waals surface area contributed by atoms with Crippen molar-refractivity contribution in [1.29, 1.82) is 0 Å². The number of methoxy groups -OCH3 is 4. The maximum atomic E-state index is 17.0. The fourth-order valence-corrected chi connectivity index (χ4v) is 12.1. The molecule has 4 fully saturated rings. The molecule has 0 aliphatic carbocycles. The van der Waals surface area contributed by atoms with Crippen molar-refractivity contribution < 1.29 is 64.5 Å². The number of amides is 4. The van der Waals surface area contributed by atoms with E-state index in [9.17, 15) is 28.0 Å². The molecule has 0 unspecified atom stereocenters. The summed E-state index contributed by atoms with van der Waals surface area (Å²) < 4.78 is 118. The van der Waals surface area contributed by atoms with Crippen LogP contribution in [0.1, 0.15) is 99.3 Å². The van der Waals surface area contributed by atoms with E-state index in [4.69, 9.17) is 28.9 Å². The van der Waals surface area contributed by atoms with E-state index in [-0.39, 0.29) is 78.2 Å². The van der Waals surface area contributed by atoms with Crippen molar-refractivity contribution in [3.05, 3.63) is 112 Å². The number of carbonyl (C=O) groups excluding carboxylic acids is 4. The van der Waals surface area contributed by atoms with Crippen molar-refractivity contribution in [1.82, 2.24) is 40.4 Å². The molecule has 4 aromatic carbocycles. The van der Waals surface area contributed by atoms with Crippen LogP contribution in [0.25, 0.3) is 22.1 Å². The largest absolute Gasteiger partial charge is 0.453 e. The molecule has 4 saturated heterocycles. The minimum atomic E-state index is -1.10. The highest BCUT2D eigenvalue weighted by Crippen LogP contribution is 2.50. The Morgan fingerprint density at radius 3 is 1.35 bits per heavy atom. The summed E-state index contributed by atoms with van der Waals surface area (Å²) in [6.07, 6.45) is -0.570. The second-order valence-corrected chi connectivity index (χ2v) is 20.8. The van der Waals surface area contributed by atoms with Gasteiger partial charge in [0.05, 0.1) is 72.7 Å². The number of aromatic amines is 2. The van der Waals surface area contributed by atoms with Gasteiger partial charge in [0.1, 0.15) is 58.4 Å². The monoisotopic (exact) mass is 1130 g/mol. The number of hydrogen-bond donors (Lipinski definition) is 4. The number of benzene rings is 4. The smallest absolute Gasteiger partial charge is 0.407 e. The van der Waals surface area contributed by atoms with Crippen LogP contribution in [0.3, 0.4) is 0 Å². The average Bonchev–Trinajstić information content (AvgIpc) is 4.46. The molecular formula is C56H63F6N11O8. The highest BCUT2D eigenvalue weighted by molar-refractivity contribution is 5.88. The molecule has 81 heavy (non-hydrogen) atoms. The van der Waals surface area contributed by atoms with Gasteiger partial charge in [-0.3, -0.25) is 9.59 Å². The van der Waals surface area contributed by atoms with E-state index in [2.05, 4.69) is 20.6 Å². The normalized spacial score (nSPS) is 21.0. The van der Waals surface area contributed by atoms with Crippen molar-refractivity contribution in [2.24, 2.45) is 0 Å². The number of ether oxygens (including phenoxy) is 4. The molecule has 6 aromatic rings. The summed E-state index contributed by atoms with van der Waals surface area (Å²) in [6, 6.07) is 6.08. The summed E-state index contributed by atoms with van der Waals surface area (Å²) in [6.45, 7) is 4.05. The lowest BCUT2D eigenvalue weighted by Gasteiger charge is -2.38. The second-order valence-electron chi connectivity index (χ2n) is 20.8. The molecule has 19 nitrogen and oxygen atoms in total. The molecule has 0 saturated carbocycles. The van der Waals surface area contributed by atoms with Gasteiger partial charge in [-0.2, -0.15) is 0 Å². The fraction of sp³-hybridized carbons (Fsp3) is 0.464. The number of rotatable bonds is 15. The fourth-order valence-electron chi connectivity index (χ4n) is 12.1. The van der Waals surface area contributed by atoms with Gasteiger partial charge in [0.15, 0.2) is 11.6 Å². The number of alkyl carbamates (subject to hydrolysis) is 2. The lowest BCUT2D eigenvalue weighted by atomic mass is 10.0. The van der Waals surface area contributed by atoms with Gasteiger partial charge in [-0.15, -0.1) is 0 Å². The highest BCUT2D eigenvalue weighted by Gasteiger charge is 2.43. The number of anilines is 3. The van der Waals surface area contributed by atoms with Gasteiger partial charge in [0.25, 0.3) is 0 Å². The minimum Gasteiger partial charge on any atom is -0.453 e. The lowest BCUT2D eigenvalue weighted by Crippen LogP contribution is -2.54. The molecule has 0 radical (unpaired) electrons. The summed E-state index contributed by atoms with van der Waals surface area (Å²) in [5.41, 5.74) is 0.837. The van der Waals surface area contributed by atoms with Crippen LogP contribution in [0.5, 0.6) is 0 Å². The van der Waals surface area contributed by atoms with Crippen molar-refractivity contribution in [2.45, 2.75) is 101 Å². The van der Waals surface area contributed by atoms with Crippen LogP contribution in [-0.4, -0.2) is 146 Å². The first-order valence-corrected chi connectivity index (χ1v) is 26.9. The second kappa shape index (κ2) is 23.4. The third-order valence-electron chi connectivity index (χ3n) is 16.3. The Labute approximate surface area is 462 Å². The summed E-state index contributed by atoms with van der Waals surface area (Å²) in [5, 5.41) is 5.12. The zero-order chi connectivity index (χ0) is 57.6. The molecule has 4 N–H and O–H groups in total. The number of aromatic nitrogens is 4. The van der Waals surface area contributed by atoms with Crippen LogP contribution in [0, 0.1) is 34.9 Å². The molecular weight excluding hydrogens is 1070 g/mol. The van der Waals surface area contributed by atoms with E-state index in [1.54, 1.807) is 40.7 Å². The number of nitrogens with one attached hydrogen (secondary N) is 4. The average molecular weight is 1130 g/mol. The molecule has 10 rings (SSSR count). The van der Waals surface area contributed by atoms with Gasteiger partial charge in [-0.1, -0.05) is 6.07 Å². The number of carbonyl (C=O) groups is 4. The van der Waals surface area contributed by atoms with E-state index >= 15 is 17.6 Å². The van der Waals surface area contributed by atoms with Crippen LogP contribution in [0.2, 0.25) is 0 Å². The van der Waals surface area contributed by atoms with Crippen molar-refractivity contribution in [3.8, 4) is 0 Å².